The quantitative estimate of drug-likeness (QED) is 0.677. The Labute approximate surface area is 213 Å². The van der Waals surface area contributed by atoms with E-state index in [1.54, 1.807) is 6.08 Å². The molecule has 8 atom stereocenters. The van der Waals surface area contributed by atoms with Crippen molar-refractivity contribution in [3.63, 3.8) is 0 Å². The largest absolute Gasteiger partial charge is 0.392 e. The number of fused-ring (bicyclic) bond motifs is 4. The van der Waals surface area contributed by atoms with E-state index in [1.807, 2.05) is 12.1 Å². The fourth-order valence-corrected chi connectivity index (χ4v) is 11.0. The third-order valence-electron chi connectivity index (χ3n) is 12.4. The first-order chi connectivity index (χ1) is 17.2. The van der Waals surface area contributed by atoms with Gasteiger partial charge in [-0.05, 0) is 72.5 Å². The SMILES string of the molecule is CC12C=CC(=O)C=C1CCC13CC21C(O)CC1(C)C3CC2CN(Cc3ccccc3)CC21C(=O)CO. The van der Waals surface area contributed by atoms with Crippen LogP contribution in [0.15, 0.2) is 54.1 Å². The molecule has 4 saturated carbocycles. The van der Waals surface area contributed by atoms with E-state index in [9.17, 15) is 19.8 Å². The molecule has 1 aromatic rings. The third kappa shape index (κ3) is 2.39. The zero-order valence-electron chi connectivity index (χ0n) is 21.4. The van der Waals surface area contributed by atoms with Crippen molar-refractivity contribution in [1.82, 2.24) is 4.90 Å². The molecule has 5 fully saturated rings. The van der Waals surface area contributed by atoms with Gasteiger partial charge in [0, 0.05) is 30.5 Å². The summed E-state index contributed by atoms with van der Waals surface area (Å²) in [6.07, 6.45) is 9.49. The van der Waals surface area contributed by atoms with Crippen molar-refractivity contribution in [3.05, 3.63) is 59.7 Å². The Balaban J connectivity index is 1.29. The number of likely N-dealkylation sites (tertiary alicyclic amines) is 1. The second-order valence-corrected chi connectivity index (χ2v) is 13.2. The number of carbonyl (C=O) groups excluding carboxylic acids is 2. The maximum absolute atomic E-state index is 13.8. The zero-order chi connectivity index (χ0) is 25.1. The number of nitrogens with zero attached hydrogens (tertiary/aromatic N) is 1. The van der Waals surface area contributed by atoms with Crippen molar-refractivity contribution < 1.29 is 19.8 Å². The summed E-state index contributed by atoms with van der Waals surface area (Å²) in [6.45, 7) is 6.41. The van der Waals surface area contributed by atoms with Crippen LogP contribution in [0, 0.1) is 38.9 Å². The summed E-state index contributed by atoms with van der Waals surface area (Å²) in [7, 11) is 0. The number of rotatable bonds is 4. The molecule has 5 heteroatoms. The average Bonchev–Trinajstić information content (AvgIpc) is 3.38. The summed E-state index contributed by atoms with van der Waals surface area (Å²) in [5, 5.41) is 22.3. The van der Waals surface area contributed by atoms with E-state index in [0.717, 1.165) is 38.8 Å². The van der Waals surface area contributed by atoms with Gasteiger partial charge in [-0.3, -0.25) is 14.5 Å². The van der Waals surface area contributed by atoms with Gasteiger partial charge < -0.3 is 10.2 Å². The van der Waals surface area contributed by atoms with Crippen LogP contribution in [-0.4, -0.2) is 52.5 Å². The van der Waals surface area contributed by atoms with Crippen LogP contribution in [0.25, 0.3) is 0 Å². The van der Waals surface area contributed by atoms with Gasteiger partial charge in [-0.1, -0.05) is 55.8 Å². The molecule has 1 aromatic carbocycles. The Bertz CT molecular complexity index is 1220. The fraction of sp³-hybridized carbons (Fsp3) is 0.613. The summed E-state index contributed by atoms with van der Waals surface area (Å²) < 4.78 is 0. The van der Waals surface area contributed by atoms with Gasteiger partial charge in [-0.2, -0.15) is 0 Å². The molecule has 8 unspecified atom stereocenters. The second-order valence-electron chi connectivity index (χ2n) is 13.2. The highest BCUT2D eigenvalue weighted by Crippen LogP contribution is 2.90. The Kier molecular flexibility index (Phi) is 4.52. The highest BCUT2D eigenvalue weighted by Gasteiger charge is 2.88. The normalized spacial score (nSPS) is 48.4. The van der Waals surface area contributed by atoms with Crippen LogP contribution in [-0.2, 0) is 16.1 Å². The Morgan fingerprint density at radius 1 is 1.19 bits per heavy atom. The molecular formula is C31H37NO4. The molecule has 190 valence electrons. The molecule has 2 N–H and O–H groups in total. The maximum atomic E-state index is 13.8. The number of carbonyl (C=O) groups is 2. The molecule has 0 amide bonds. The summed E-state index contributed by atoms with van der Waals surface area (Å²) in [4.78, 5) is 28.4. The monoisotopic (exact) mass is 487 g/mol. The maximum Gasteiger partial charge on any atom is 0.178 e. The molecule has 0 aromatic heterocycles. The van der Waals surface area contributed by atoms with Gasteiger partial charge in [-0.25, -0.2) is 0 Å². The predicted molar refractivity (Wildman–Crippen MR) is 136 cm³/mol. The minimum atomic E-state index is -0.624. The number of allylic oxidation sites excluding steroid dienone is 4. The molecule has 5 aliphatic carbocycles. The zero-order valence-corrected chi connectivity index (χ0v) is 21.4. The van der Waals surface area contributed by atoms with E-state index in [1.165, 1.54) is 11.1 Å². The highest BCUT2D eigenvalue weighted by molar-refractivity contribution is 6.01. The van der Waals surface area contributed by atoms with E-state index in [-0.39, 0.29) is 39.1 Å². The molecule has 1 saturated heterocycles. The van der Waals surface area contributed by atoms with Crippen LogP contribution in [0.3, 0.4) is 0 Å². The van der Waals surface area contributed by atoms with Crippen LogP contribution in [0.2, 0.25) is 0 Å². The number of aliphatic hydroxyl groups excluding tert-OH is 2. The second kappa shape index (κ2) is 7.06. The van der Waals surface area contributed by atoms with Crippen LogP contribution in [0.4, 0.5) is 0 Å². The first kappa shape index (κ1) is 23.1. The minimum Gasteiger partial charge on any atom is -0.392 e. The summed E-state index contributed by atoms with van der Waals surface area (Å²) in [6, 6.07) is 10.4. The van der Waals surface area contributed by atoms with Gasteiger partial charge in [-0.15, -0.1) is 0 Å². The Morgan fingerprint density at radius 3 is 2.72 bits per heavy atom. The molecule has 0 radical (unpaired) electrons. The first-order valence-electron chi connectivity index (χ1n) is 13.7. The van der Waals surface area contributed by atoms with Crippen LogP contribution < -0.4 is 0 Å². The molecular weight excluding hydrogens is 450 g/mol. The third-order valence-corrected chi connectivity index (χ3v) is 12.4. The molecule has 1 heterocycles. The number of benzene rings is 1. The number of hydrogen-bond donors (Lipinski definition) is 2. The van der Waals surface area contributed by atoms with Crippen molar-refractivity contribution in [2.45, 2.75) is 58.6 Å². The summed E-state index contributed by atoms with van der Waals surface area (Å²) in [5.74, 6) is 0.568. The first-order valence-corrected chi connectivity index (χ1v) is 13.7. The average molecular weight is 488 g/mol. The molecule has 1 aliphatic heterocycles. The van der Waals surface area contributed by atoms with Crippen LogP contribution in [0.1, 0.15) is 51.5 Å². The number of hydrogen-bond acceptors (Lipinski definition) is 5. The van der Waals surface area contributed by atoms with Crippen LogP contribution in [0.5, 0.6) is 0 Å². The van der Waals surface area contributed by atoms with Gasteiger partial charge in [0.05, 0.1) is 11.5 Å². The van der Waals surface area contributed by atoms with Gasteiger partial charge in [0.2, 0.25) is 0 Å². The van der Waals surface area contributed by atoms with E-state index >= 15 is 0 Å². The molecule has 5 nitrogen and oxygen atoms in total. The standard InChI is InChI=1S/C31H37NO4/c1-27-10-9-23(34)12-21(27)8-11-29-18-31(27,29)25(35)14-28(2)24(29)13-22-16-32(15-20-6-4-3-5-7-20)19-30(22,28)26(36)17-33/h3-7,9-10,12,22,24-25,33,35H,8,11,13-19H2,1-2H3. The molecule has 0 spiro atoms. The lowest BCUT2D eigenvalue weighted by Crippen LogP contribution is -2.60. The highest BCUT2D eigenvalue weighted by atomic mass is 16.3. The Hall–Kier alpha value is -2.08. The molecule has 6 aliphatic rings. The van der Waals surface area contributed by atoms with Gasteiger partial charge in [0.15, 0.2) is 11.6 Å². The van der Waals surface area contributed by atoms with Gasteiger partial charge in [0.1, 0.15) is 6.61 Å². The van der Waals surface area contributed by atoms with E-state index in [4.69, 9.17) is 0 Å². The lowest BCUT2D eigenvalue weighted by Gasteiger charge is -2.60. The Morgan fingerprint density at radius 2 is 1.97 bits per heavy atom. The lowest BCUT2D eigenvalue weighted by molar-refractivity contribution is -0.159. The molecule has 36 heavy (non-hydrogen) atoms. The molecule has 0 bridgehead atoms. The van der Waals surface area contributed by atoms with Crippen molar-refractivity contribution in [2.24, 2.45) is 38.9 Å². The van der Waals surface area contributed by atoms with Gasteiger partial charge >= 0.3 is 0 Å². The smallest absolute Gasteiger partial charge is 0.178 e. The van der Waals surface area contributed by atoms with E-state index in [0.29, 0.717) is 18.9 Å². The predicted octanol–water partition coefficient (Wildman–Crippen LogP) is 3.70. The fourth-order valence-electron chi connectivity index (χ4n) is 11.0. The lowest BCUT2D eigenvalue weighted by atomic mass is 9.44. The summed E-state index contributed by atoms with van der Waals surface area (Å²) in [5.41, 5.74) is 0.886. The van der Waals surface area contributed by atoms with Crippen molar-refractivity contribution in [1.29, 1.82) is 0 Å². The topological polar surface area (TPSA) is 77.8 Å². The van der Waals surface area contributed by atoms with Crippen LogP contribution >= 0.6 is 0 Å². The van der Waals surface area contributed by atoms with E-state index in [2.05, 4.69) is 49.1 Å². The summed E-state index contributed by atoms with van der Waals surface area (Å²) >= 11 is 0. The van der Waals surface area contributed by atoms with Gasteiger partial charge in [0.25, 0.3) is 0 Å². The number of aliphatic hydroxyl groups is 2. The number of ketones is 2. The van der Waals surface area contributed by atoms with E-state index < -0.39 is 18.1 Å². The number of Topliss-reactive ketones (excluding diaryl/α,β-unsaturated/α-hetero) is 1. The molecule has 7 rings (SSSR count). The van der Waals surface area contributed by atoms with Crippen molar-refractivity contribution in [2.75, 3.05) is 19.7 Å². The van der Waals surface area contributed by atoms with Crippen molar-refractivity contribution >= 4 is 11.6 Å². The van der Waals surface area contributed by atoms with Crippen molar-refractivity contribution in [3.8, 4) is 0 Å². The minimum absolute atomic E-state index is 0.00638.